The van der Waals surface area contributed by atoms with Crippen molar-refractivity contribution in [3.8, 4) is 0 Å². The van der Waals surface area contributed by atoms with Gasteiger partial charge in [0.2, 0.25) is 5.43 Å². The molecule has 4 heteroatoms. The summed E-state index contributed by atoms with van der Waals surface area (Å²) in [5.41, 5.74) is 1.94. The molecule has 1 amide bonds. The van der Waals surface area contributed by atoms with Gasteiger partial charge in [-0.1, -0.05) is 6.07 Å². The molecule has 0 unspecified atom stereocenters. The normalized spacial score (nSPS) is 15.1. The van der Waals surface area contributed by atoms with Crippen molar-refractivity contribution in [2.24, 2.45) is 0 Å². The lowest BCUT2D eigenvalue weighted by molar-refractivity contribution is 0.0791. The number of hydrogen-bond donors (Lipinski definition) is 1. The number of aromatic amines is 1. The first-order valence-corrected chi connectivity index (χ1v) is 6.58. The van der Waals surface area contributed by atoms with Gasteiger partial charge in [-0.3, -0.25) is 9.59 Å². The van der Waals surface area contributed by atoms with Gasteiger partial charge in [0.1, 0.15) is 5.56 Å². The summed E-state index contributed by atoms with van der Waals surface area (Å²) in [5.74, 6) is -0.152. The molecule has 0 bridgehead atoms. The number of nitrogens with one attached hydrogen (secondary N) is 1. The number of amides is 1. The highest BCUT2D eigenvalue weighted by atomic mass is 16.2. The average Bonchev–Trinajstić information content (AvgIpc) is 2.92. The maximum Gasteiger partial charge on any atom is 0.259 e. The number of aryl methyl sites for hydroxylation is 1. The summed E-state index contributed by atoms with van der Waals surface area (Å²) in [5, 5.41) is 0.579. The number of aromatic nitrogens is 1. The van der Waals surface area contributed by atoms with Gasteiger partial charge in [0, 0.05) is 30.2 Å². The van der Waals surface area contributed by atoms with Gasteiger partial charge in [0.05, 0.1) is 0 Å². The predicted octanol–water partition coefficient (Wildman–Crippen LogP) is 2.07. The van der Waals surface area contributed by atoms with Crippen LogP contribution >= 0.6 is 0 Å². The van der Waals surface area contributed by atoms with Gasteiger partial charge in [0.25, 0.3) is 5.91 Å². The van der Waals surface area contributed by atoms with Crippen LogP contribution < -0.4 is 5.43 Å². The molecule has 1 fully saturated rings. The van der Waals surface area contributed by atoms with Crippen molar-refractivity contribution in [3.63, 3.8) is 0 Å². The summed E-state index contributed by atoms with van der Waals surface area (Å²) in [6, 6.07) is 5.59. The Morgan fingerprint density at radius 2 is 2.00 bits per heavy atom. The minimum Gasteiger partial charge on any atom is -0.360 e. The lowest BCUT2D eigenvalue weighted by Crippen LogP contribution is -2.31. The van der Waals surface area contributed by atoms with Crippen LogP contribution in [0.1, 0.15) is 28.8 Å². The molecule has 19 heavy (non-hydrogen) atoms. The van der Waals surface area contributed by atoms with E-state index in [1.807, 2.05) is 19.1 Å². The number of carbonyl (C=O) groups excluding carboxylic acids is 1. The van der Waals surface area contributed by atoms with Crippen molar-refractivity contribution in [3.05, 3.63) is 45.7 Å². The van der Waals surface area contributed by atoms with Gasteiger partial charge >= 0.3 is 0 Å². The van der Waals surface area contributed by atoms with E-state index in [9.17, 15) is 9.59 Å². The monoisotopic (exact) mass is 256 g/mol. The maximum atomic E-state index is 12.4. The molecule has 0 aliphatic carbocycles. The molecule has 3 rings (SSSR count). The predicted molar refractivity (Wildman–Crippen MR) is 74.4 cm³/mol. The highest BCUT2D eigenvalue weighted by molar-refractivity contribution is 5.97. The number of H-pyrrole nitrogens is 1. The summed E-state index contributed by atoms with van der Waals surface area (Å²) in [6.07, 6.45) is 3.59. The molecule has 4 nitrogen and oxygen atoms in total. The van der Waals surface area contributed by atoms with Crippen LogP contribution in [0.15, 0.2) is 29.2 Å². The Hall–Kier alpha value is -2.10. The van der Waals surface area contributed by atoms with E-state index < -0.39 is 0 Å². The van der Waals surface area contributed by atoms with E-state index in [1.54, 1.807) is 17.2 Å². The number of pyridine rings is 1. The molecular formula is C15H16N2O2. The van der Waals surface area contributed by atoms with Crippen LogP contribution in [0.3, 0.4) is 0 Å². The van der Waals surface area contributed by atoms with Gasteiger partial charge in [-0.15, -0.1) is 0 Å². The van der Waals surface area contributed by atoms with Crippen LogP contribution in [0.4, 0.5) is 0 Å². The molecule has 0 atom stereocenters. The largest absolute Gasteiger partial charge is 0.360 e. The number of fused-ring (bicyclic) bond motifs is 1. The highest BCUT2D eigenvalue weighted by Gasteiger charge is 2.22. The van der Waals surface area contributed by atoms with Gasteiger partial charge in [-0.05, 0) is 37.5 Å². The number of hydrogen-bond acceptors (Lipinski definition) is 2. The van der Waals surface area contributed by atoms with Crippen molar-refractivity contribution < 1.29 is 4.79 Å². The Bertz CT molecular complexity index is 697. The van der Waals surface area contributed by atoms with E-state index in [0.29, 0.717) is 5.39 Å². The Morgan fingerprint density at radius 3 is 2.74 bits per heavy atom. The Balaban J connectivity index is 2.10. The van der Waals surface area contributed by atoms with Crippen LogP contribution in [0.2, 0.25) is 0 Å². The summed E-state index contributed by atoms with van der Waals surface area (Å²) in [7, 11) is 0. The zero-order valence-electron chi connectivity index (χ0n) is 10.9. The van der Waals surface area contributed by atoms with Crippen LogP contribution in [-0.4, -0.2) is 28.9 Å². The fraction of sp³-hybridized carbons (Fsp3) is 0.333. The highest BCUT2D eigenvalue weighted by Crippen LogP contribution is 2.14. The van der Waals surface area contributed by atoms with Crippen LogP contribution in [0, 0.1) is 6.92 Å². The Kier molecular flexibility index (Phi) is 2.85. The number of nitrogens with zero attached hydrogens (tertiary/aromatic N) is 1. The quantitative estimate of drug-likeness (QED) is 0.849. The first-order chi connectivity index (χ1) is 9.16. The molecule has 1 N–H and O–H groups in total. The van der Waals surface area contributed by atoms with E-state index in [-0.39, 0.29) is 16.9 Å². The molecule has 1 aliphatic rings. The molecule has 98 valence electrons. The molecule has 1 saturated heterocycles. The summed E-state index contributed by atoms with van der Waals surface area (Å²) in [6.45, 7) is 3.48. The standard InChI is InChI=1S/C15H16N2O2/c1-10-4-5-11-13(8-10)16-9-12(14(11)18)15(19)17-6-2-3-7-17/h4-5,8-9H,2-3,6-7H2,1H3,(H,16,18). The first kappa shape index (κ1) is 12.0. The second kappa shape index (κ2) is 4.53. The second-order valence-electron chi connectivity index (χ2n) is 5.08. The molecule has 0 spiro atoms. The molecule has 2 aromatic rings. The topological polar surface area (TPSA) is 53.2 Å². The number of likely N-dealkylation sites (tertiary alicyclic amines) is 1. The van der Waals surface area contributed by atoms with Crippen LogP contribution in [-0.2, 0) is 0 Å². The van der Waals surface area contributed by atoms with Gasteiger partial charge in [0.15, 0.2) is 0 Å². The average molecular weight is 256 g/mol. The van der Waals surface area contributed by atoms with E-state index in [4.69, 9.17) is 0 Å². The third-order valence-electron chi connectivity index (χ3n) is 3.66. The lowest BCUT2D eigenvalue weighted by atomic mass is 10.1. The molecule has 1 aliphatic heterocycles. The van der Waals surface area contributed by atoms with E-state index in [1.165, 1.54) is 0 Å². The summed E-state index contributed by atoms with van der Waals surface area (Å²) in [4.78, 5) is 29.5. The van der Waals surface area contributed by atoms with Crippen molar-refractivity contribution in [1.29, 1.82) is 0 Å². The van der Waals surface area contributed by atoms with Crippen LogP contribution in [0.25, 0.3) is 10.9 Å². The van der Waals surface area contributed by atoms with E-state index >= 15 is 0 Å². The molecular weight excluding hydrogens is 240 g/mol. The lowest BCUT2D eigenvalue weighted by Gasteiger charge is -2.14. The third-order valence-corrected chi connectivity index (χ3v) is 3.66. The van der Waals surface area contributed by atoms with E-state index in [0.717, 1.165) is 37.0 Å². The first-order valence-electron chi connectivity index (χ1n) is 6.58. The minimum atomic E-state index is -0.175. The SMILES string of the molecule is Cc1ccc2c(=O)c(C(=O)N3CCCC3)c[nH]c2c1. The fourth-order valence-electron chi connectivity index (χ4n) is 2.59. The molecule has 1 aromatic carbocycles. The fourth-order valence-corrected chi connectivity index (χ4v) is 2.59. The third kappa shape index (κ3) is 2.03. The van der Waals surface area contributed by atoms with Crippen LogP contribution in [0.5, 0.6) is 0 Å². The molecule has 2 heterocycles. The van der Waals surface area contributed by atoms with Gasteiger partial charge in [-0.2, -0.15) is 0 Å². The number of benzene rings is 1. The number of rotatable bonds is 1. The smallest absolute Gasteiger partial charge is 0.259 e. The molecule has 0 radical (unpaired) electrons. The molecule has 1 aromatic heterocycles. The maximum absolute atomic E-state index is 12.4. The van der Waals surface area contributed by atoms with Crippen molar-refractivity contribution in [1.82, 2.24) is 9.88 Å². The Labute approximate surface area is 111 Å². The zero-order chi connectivity index (χ0) is 13.4. The van der Waals surface area contributed by atoms with Crippen molar-refractivity contribution >= 4 is 16.8 Å². The summed E-state index contributed by atoms with van der Waals surface area (Å²) >= 11 is 0. The second-order valence-corrected chi connectivity index (χ2v) is 5.08. The van der Waals surface area contributed by atoms with E-state index in [2.05, 4.69) is 4.98 Å². The zero-order valence-corrected chi connectivity index (χ0v) is 10.9. The van der Waals surface area contributed by atoms with Gasteiger partial charge < -0.3 is 9.88 Å². The van der Waals surface area contributed by atoms with Gasteiger partial charge in [-0.25, -0.2) is 0 Å². The van der Waals surface area contributed by atoms with Crippen molar-refractivity contribution in [2.45, 2.75) is 19.8 Å². The minimum absolute atomic E-state index is 0.152. The van der Waals surface area contributed by atoms with Crippen molar-refractivity contribution in [2.75, 3.05) is 13.1 Å². The number of carbonyl (C=O) groups is 1. The summed E-state index contributed by atoms with van der Waals surface area (Å²) < 4.78 is 0. The Morgan fingerprint density at radius 1 is 1.26 bits per heavy atom. The molecule has 0 saturated carbocycles.